The summed E-state index contributed by atoms with van der Waals surface area (Å²) in [6.45, 7) is 0.567. The van der Waals surface area contributed by atoms with Crippen molar-refractivity contribution < 1.29 is 22.0 Å². The zero-order chi connectivity index (χ0) is 21.8. The number of halogens is 1. The van der Waals surface area contributed by atoms with Crippen molar-refractivity contribution >= 4 is 9.84 Å². The van der Waals surface area contributed by atoms with Crippen LogP contribution in [0.1, 0.15) is 11.5 Å². The highest BCUT2D eigenvalue weighted by molar-refractivity contribution is 7.90. The van der Waals surface area contributed by atoms with Gasteiger partial charge in [-0.3, -0.25) is 0 Å². The fourth-order valence-corrected chi connectivity index (χ4v) is 3.74. The van der Waals surface area contributed by atoms with E-state index in [1.54, 1.807) is 24.3 Å². The molecular weight excluding hydrogens is 417 g/mol. The van der Waals surface area contributed by atoms with Gasteiger partial charge in [-0.2, -0.15) is 0 Å². The normalized spacial score (nSPS) is 11.5. The molecule has 0 unspecified atom stereocenters. The summed E-state index contributed by atoms with van der Waals surface area (Å²) in [7, 11) is -3.31. The van der Waals surface area contributed by atoms with Gasteiger partial charge >= 0.3 is 0 Å². The average Bonchev–Trinajstić information content (AvgIpc) is 3.19. The van der Waals surface area contributed by atoms with E-state index in [0.29, 0.717) is 35.1 Å². The van der Waals surface area contributed by atoms with Crippen molar-refractivity contribution in [2.75, 3.05) is 6.26 Å². The van der Waals surface area contributed by atoms with Gasteiger partial charge in [0.15, 0.2) is 15.6 Å². The predicted molar refractivity (Wildman–Crippen MR) is 115 cm³/mol. The number of rotatable bonds is 7. The Labute approximate surface area is 180 Å². The van der Waals surface area contributed by atoms with Crippen molar-refractivity contribution in [3.05, 3.63) is 96.1 Å². The molecule has 1 heterocycles. The van der Waals surface area contributed by atoms with E-state index in [4.69, 9.17) is 9.15 Å². The monoisotopic (exact) mass is 437 g/mol. The highest BCUT2D eigenvalue weighted by Gasteiger charge is 2.18. The van der Waals surface area contributed by atoms with Crippen molar-refractivity contribution in [2.24, 2.45) is 0 Å². The number of benzene rings is 3. The van der Waals surface area contributed by atoms with Gasteiger partial charge in [0.25, 0.3) is 0 Å². The summed E-state index contributed by atoms with van der Waals surface area (Å²) in [6.07, 6.45) is 1.16. The standard InChI is InChI=1S/C24H20FNO4S/c1-31(27,28)21-13-9-19(10-14-21)24-23(18-7-11-20(25)12-8-18)26-22(30-24)16-29-15-17-5-3-2-4-6-17/h2-14H,15-16H2,1H3. The second-order valence-corrected chi connectivity index (χ2v) is 9.08. The molecule has 0 atom stereocenters. The van der Waals surface area contributed by atoms with E-state index in [9.17, 15) is 12.8 Å². The van der Waals surface area contributed by atoms with Gasteiger partial charge in [-0.25, -0.2) is 17.8 Å². The van der Waals surface area contributed by atoms with Gasteiger partial charge in [-0.1, -0.05) is 30.3 Å². The molecule has 0 radical (unpaired) electrons. The molecule has 31 heavy (non-hydrogen) atoms. The number of ether oxygens (including phenoxy) is 1. The van der Waals surface area contributed by atoms with Crippen LogP contribution in [0.4, 0.5) is 4.39 Å². The van der Waals surface area contributed by atoms with Gasteiger partial charge in [0.1, 0.15) is 18.1 Å². The van der Waals surface area contributed by atoms with E-state index >= 15 is 0 Å². The zero-order valence-electron chi connectivity index (χ0n) is 16.8. The van der Waals surface area contributed by atoms with Gasteiger partial charge in [-0.15, -0.1) is 0 Å². The van der Waals surface area contributed by atoms with Crippen LogP contribution in [-0.2, 0) is 27.8 Å². The van der Waals surface area contributed by atoms with E-state index < -0.39 is 9.84 Å². The topological polar surface area (TPSA) is 69.4 Å². The molecule has 0 amide bonds. The molecule has 0 N–H and O–H groups in total. The minimum Gasteiger partial charge on any atom is -0.437 e. The largest absolute Gasteiger partial charge is 0.437 e. The Kier molecular flexibility index (Phi) is 5.97. The summed E-state index contributed by atoms with van der Waals surface area (Å²) in [4.78, 5) is 4.77. The fraction of sp³-hybridized carbons (Fsp3) is 0.125. The quantitative estimate of drug-likeness (QED) is 0.394. The van der Waals surface area contributed by atoms with Crippen molar-refractivity contribution in [1.82, 2.24) is 4.98 Å². The van der Waals surface area contributed by atoms with Crippen LogP contribution in [0.2, 0.25) is 0 Å². The third-order valence-corrected chi connectivity index (χ3v) is 5.80. The predicted octanol–water partition coefficient (Wildman–Crippen LogP) is 5.27. The van der Waals surface area contributed by atoms with Crippen LogP contribution in [0.15, 0.2) is 88.2 Å². The Morgan fingerprint density at radius 1 is 0.871 bits per heavy atom. The molecule has 4 aromatic rings. The first kappa shape index (κ1) is 21.0. The van der Waals surface area contributed by atoms with E-state index in [1.165, 1.54) is 24.3 Å². The second-order valence-electron chi connectivity index (χ2n) is 7.07. The lowest BCUT2D eigenvalue weighted by molar-refractivity contribution is 0.0900. The lowest BCUT2D eigenvalue weighted by Crippen LogP contribution is -1.96. The smallest absolute Gasteiger partial charge is 0.221 e. The molecule has 7 heteroatoms. The molecule has 0 spiro atoms. The van der Waals surface area contributed by atoms with Crippen molar-refractivity contribution in [2.45, 2.75) is 18.1 Å². The van der Waals surface area contributed by atoms with Crippen LogP contribution in [-0.4, -0.2) is 19.7 Å². The fourth-order valence-electron chi connectivity index (χ4n) is 3.11. The molecule has 3 aromatic carbocycles. The number of aromatic nitrogens is 1. The first-order valence-electron chi connectivity index (χ1n) is 9.58. The van der Waals surface area contributed by atoms with Gasteiger partial charge in [0, 0.05) is 17.4 Å². The first-order valence-corrected chi connectivity index (χ1v) is 11.5. The molecule has 158 valence electrons. The van der Waals surface area contributed by atoms with E-state index in [-0.39, 0.29) is 17.3 Å². The molecule has 0 saturated heterocycles. The maximum atomic E-state index is 13.4. The second kappa shape index (κ2) is 8.83. The van der Waals surface area contributed by atoms with Gasteiger partial charge < -0.3 is 9.15 Å². The van der Waals surface area contributed by atoms with Gasteiger partial charge in [0.05, 0.1) is 11.5 Å². The summed E-state index contributed by atoms with van der Waals surface area (Å²) in [5.41, 5.74) is 2.91. The maximum absolute atomic E-state index is 13.4. The Morgan fingerprint density at radius 2 is 1.52 bits per heavy atom. The number of sulfone groups is 1. The first-order chi connectivity index (χ1) is 14.9. The summed E-state index contributed by atoms with van der Waals surface area (Å²) >= 11 is 0. The molecule has 0 bridgehead atoms. The molecule has 1 aromatic heterocycles. The summed E-state index contributed by atoms with van der Waals surface area (Å²) < 4.78 is 48.6. The molecule has 0 aliphatic rings. The van der Waals surface area contributed by atoms with Crippen LogP contribution in [0.25, 0.3) is 22.6 Å². The van der Waals surface area contributed by atoms with Gasteiger partial charge in [-0.05, 0) is 54.1 Å². The highest BCUT2D eigenvalue weighted by Crippen LogP contribution is 2.33. The maximum Gasteiger partial charge on any atom is 0.221 e. The van der Waals surface area contributed by atoms with Crippen LogP contribution in [0, 0.1) is 5.82 Å². The molecule has 0 fully saturated rings. The summed E-state index contributed by atoms with van der Waals surface area (Å²) in [6, 6.07) is 22.1. The minimum atomic E-state index is -3.31. The van der Waals surface area contributed by atoms with E-state index in [1.807, 2.05) is 30.3 Å². The van der Waals surface area contributed by atoms with Crippen LogP contribution in [0.5, 0.6) is 0 Å². The Hall–Kier alpha value is -3.29. The molecule has 0 aliphatic heterocycles. The van der Waals surface area contributed by atoms with Crippen LogP contribution >= 0.6 is 0 Å². The Bertz CT molecular complexity index is 1270. The third-order valence-electron chi connectivity index (χ3n) is 4.67. The van der Waals surface area contributed by atoms with Crippen LogP contribution in [0.3, 0.4) is 0 Å². The van der Waals surface area contributed by atoms with Crippen molar-refractivity contribution in [3.63, 3.8) is 0 Å². The summed E-state index contributed by atoms with van der Waals surface area (Å²) in [5.74, 6) is 0.486. The van der Waals surface area contributed by atoms with Crippen molar-refractivity contribution in [1.29, 1.82) is 0 Å². The lowest BCUT2D eigenvalue weighted by Gasteiger charge is -2.03. The molecule has 5 nitrogen and oxygen atoms in total. The van der Waals surface area contributed by atoms with E-state index in [0.717, 1.165) is 11.8 Å². The highest BCUT2D eigenvalue weighted by atomic mass is 32.2. The molecule has 4 rings (SSSR count). The zero-order valence-corrected chi connectivity index (χ0v) is 17.6. The van der Waals surface area contributed by atoms with Crippen LogP contribution < -0.4 is 0 Å². The molecule has 0 saturated carbocycles. The minimum absolute atomic E-state index is 0.157. The Morgan fingerprint density at radius 3 is 2.16 bits per heavy atom. The summed E-state index contributed by atoms with van der Waals surface area (Å²) in [5, 5.41) is 0. The number of oxazole rings is 1. The van der Waals surface area contributed by atoms with Crippen molar-refractivity contribution in [3.8, 4) is 22.6 Å². The lowest BCUT2D eigenvalue weighted by atomic mass is 10.1. The molecular formula is C24H20FNO4S. The number of hydrogen-bond donors (Lipinski definition) is 0. The number of hydrogen-bond acceptors (Lipinski definition) is 5. The van der Waals surface area contributed by atoms with E-state index in [2.05, 4.69) is 4.98 Å². The molecule has 0 aliphatic carbocycles. The average molecular weight is 437 g/mol. The third kappa shape index (κ3) is 5.07. The number of nitrogens with zero attached hydrogens (tertiary/aromatic N) is 1. The Balaban J connectivity index is 1.64. The SMILES string of the molecule is CS(=O)(=O)c1ccc(-c2oc(COCc3ccccc3)nc2-c2ccc(F)cc2)cc1. The van der Waals surface area contributed by atoms with Gasteiger partial charge in [0.2, 0.25) is 5.89 Å².